The molecule has 98 valence electrons. The van der Waals surface area contributed by atoms with E-state index >= 15 is 0 Å². The third-order valence-corrected chi connectivity index (χ3v) is 4.15. The second-order valence-corrected chi connectivity index (χ2v) is 5.35. The molecule has 2 heterocycles. The van der Waals surface area contributed by atoms with E-state index in [-0.39, 0.29) is 0 Å². The van der Waals surface area contributed by atoms with Gasteiger partial charge in [-0.2, -0.15) is 0 Å². The van der Waals surface area contributed by atoms with E-state index in [1.807, 2.05) is 6.92 Å². The molecule has 0 spiro atoms. The summed E-state index contributed by atoms with van der Waals surface area (Å²) in [5.41, 5.74) is 1.23. The quantitative estimate of drug-likeness (QED) is 0.883. The third-order valence-electron chi connectivity index (χ3n) is 4.15. The van der Waals surface area contributed by atoms with Crippen molar-refractivity contribution >= 4 is 5.69 Å². The molecule has 2 aliphatic heterocycles. The van der Waals surface area contributed by atoms with Crippen molar-refractivity contribution in [1.82, 2.24) is 4.90 Å². The fourth-order valence-corrected chi connectivity index (χ4v) is 3.17. The Balaban J connectivity index is 1.61. The number of rotatable bonds is 4. The number of benzene rings is 1. The van der Waals surface area contributed by atoms with Crippen LogP contribution in [-0.4, -0.2) is 37.2 Å². The van der Waals surface area contributed by atoms with E-state index in [9.17, 15) is 0 Å². The minimum absolute atomic E-state index is 0.654. The molecule has 1 aromatic rings. The van der Waals surface area contributed by atoms with Gasteiger partial charge in [0.1, 0.15) is 5.75 Å². The van der Waals surface area contributed by atoms with Crippen LogP contribution in [0.3, 0.4) is 0 Å². The number of anilines is 1. The van der Waals surface area contributed by atoms with E-state index in [1.54, 1.807) is 0 Å². The summed E-state index contributed by atoms with van der Waals surface area (Å²) in [5.74, 6) is 1.80. The lowest BCUT2D eigenvalue weighted by molar-refractivity contribution is 0.255. The average molecular weight is 246 g/mol. The first-order valence-electron chi connectivity index (χ1n) is 7.07. The first kappa shape index (κ1) is 11.8. The molecule has 3 rings (SSSR count). The molecule has 1 aromatic carbocycles. The van der Waals surface area contributed by atoms with Crippen molar-refractivity contribution in [2.75, 3.05) is 31.6 Å². The zero-order chi connectivity index (χ0) is 12.4. The summed E-state index contributed by atoms with van der Waals surface area (Å²) < 4.78 is 5.47. The van der Waals surface area contributed by atoms with Crippen LogP contribution in [0.1, 0.15) is 19.8 Å². The maximum Gasteiger partial charge on any atom is 0.119 e. The second-order valence-electron chi connectivity index (χ2n) is 5.35. The Morgan fingerprint density at radius 2 is 2.00 bits per heavy atom. The molecule has 0 aliphatic carbocycles. The number of piperidine rings is 1. The topological polar surface area (TPSA) is 24.5 Å². The van der Waals surface area contributed by atoms with Crippen molar-refractivity contribution in [3.05, 3.63) is 24.3 Å². The van der Waals surface area contributed by atoms with Crippen LogP contribution >= 0.6 is 0 Å². The fourth-order valence-electron chi connectivity index (χ4n) is 3.17. The van der Waals surface area contributed by atoms with Gasteiger partial charge in [-0.05, 0) is 56.5 Å². The van der Waals surface area contributed by atoms with Crippen molar-refractivity contribution in [3.8, 4) is 5.75 Å². The molecule has 2 bridgehead atoms. The van der Waals surface area contributed by atoms with Crippen LogP contribution in [0, 0.1) is 5.92 Å². The molecule has 18 heavy (non-hydrogen) atoms. The summed E-state index contributed by atoms with van der Waals surface area (Å²) in [4.78, 5) is 2.58. The molecule has 0 radical (unpaired) electrons. The molecular formula is C15H22N2O. The zero-order valence-electron chi connectivity index (χ0n) is 11.1. The molecule has 0 aromatic heterocycles. The van der Waals surface area contributed by atoms with Crippen molar-refractivity contribution < 1.29 is 4.74 Å². The summed E-state index contributed by atoms with van der Waals surface area (Å²) in [5, 5.41) is 3.70. The van der Waals surface area contributed by atoms with Gasteiger partial charge >= 0.3 is 0 Å². The van der Waals surface area contributed by atoms with Crippen LogP contribution in [-0.2, 0) is 0 Å². The lowest BCUT2D eigenvalue weighted by Crippen LogP contribution is -2.39. The summed E-state index contributed by atoms with van der Waals surface area (Å²) in [6, 6.07) is 9.02. The van der Waals surface area contributed by atoms with Crippen molar-refractivity contribution in [2.45, 2.75) is 25.8 Å². The van der Waals surface area contributed by atoms with Crippen molar-refractivity contribution in [2.24, 2.45) is 5.92 Å². The summed E-state index contributed by atoms with van der Waals surface area (Å²) in [7, 11) is 0. The summed E-state index contributed by atoms with van der Waals surface area (Å²) in [6.45, 7) is 6.58. The highest BCUT2D eigenvalue weighted by molar-refractivity contribution is 5.47. The maximum atomic E-state index is 5.47. The van der Waals surface area contributed by atoms with Crippen LogP contribution < -0.4 is 10.1 Å². The lowest BCUT2D eigenvalue weighted by atomic mass is 9.94. The van der Waals surface area contributed by atoms with Gasteiger partial charge in [0.15, 0.2) is 0 Å². The minimum Gasteiger partial charge on any atom is -0.494 e. The molecule has 2 fully saturated rings. The second kappa shape index (κ2) is 5.19. The monoisotopic (exact) mass is 246 g/mol. The van der Waals surface area contributed by atoms with Crippen LogP contribution in [0.4, 0.5) is 5.69 Å². The van der Waals surface area contributed by atoms with E-state index in [2.05, 4.69) is 34.5 Å². The Morgan fingerprint density at radius 3 is 2.78 bits per heavy atom. The molecule has 3 heteroatoms. The Hall–Kier alpha value is -1.22. The highest BCUT2D eigenvalue weighted by Gasteiger charge is 2.33. The average Bonchev–Trinajstić information content (AvgIpc) is 2.78. The fraction of sp³-hybridized carbons (Fsp3) is 0.600. The number of hydrogen-bond donors (Lipinski definition) is 1. The largest absolute Gasteiger partial charge is 0.494 e. The zero-order valence-corrected chi connectivity index (χ0v) is 11.1. The lowest BCUT2D eigenvalue weighted by Gasteiger charge is -2.31. The molecule has 3 unspecified atom stereocenters. The highest BCUT2D eigenvalue weighted by Crippen LogP contribution is 2.29. The molecule has 0 saturated carbocycles. The smallest absolute Gasteiger partial charge is 0.119 e. The van der Waals surface area contributed by atoms with E-state index in [4.69, 9.17) is 4.74 Å². The van der Waals surface area contributed by atoms with Gasteiger partial charge in [0, 0.05) is 24.8 Å². The van der Waals surface area contributed by atoms with Gasteiger partial charge in [-0.15, -0.1) is 0 Å². The molecule has 2 saturated heterocycles. The molecule has 3 nitrogen and oxygen atoms in total. The van der Waals surface area contributed by atoms with E-state index in [1.165, 1.54) is 38.2 Å². The highest BCUT2D eigenvalue weighted by atomic mass is 16.5. The predicted molar refractivity (Wildman–Crippen MR) is 74.2 cm³/mol. The van der Waals surface area contributed by atoms with Crippen molar-refractivity contribution in [3.63, 3.8) is 0 Å². The van der Waals surface area contributed by atoms with Crippen LogP contribution in [0.2, 0.25) is 0 Å². The van der Waals surface area contributed by atoms with Crippen LogP contribution in [0.15, 0.2) is 24.3 Å². The molecule has 1 N–H and O–H groups in total. The Kier molecular flexibility index (Phi) is 3.41. The number of nitrogens with one attached hydrogen (secondary N) is 1. The minimum atomic E-state index is 0.654. The van der Waals surface area contributed by atoms with E-state index < -0.39 is 0 Å². The Morgan fingerprint density at radius 1 is 1.22 bits per heavy atom. The molecule has 0 amide bonds. The van der Waals surface area contributed by atoms with Gasteiger partial charge in [0.05, 0.1) is 6.61 Å². The summed E-state index contributed by atoms with van der Waals surface area (Å²) >= 11 is 0. The van der Waals surface area contributed by atoms with Gasteiger partial charge in [0.2, 0.25) is 0 Å². The maximum absolute atomic E-state index is 5.47. The summed E-state index contributed by atoms with van der Waals surface area (Å²) in [6.07, 6.45) is 2.63. The number of ether oxygens (including phenoxy) is 1. The predicted octanol–water partition coefficient (Wildman–Crippen LogP) is 2.59. The van der Waals surface area contributed by atoms with Crippen molar-refractivity contribution in [1.29, 1.82) is 0 Å². The number of fused-ring (bicyclic) bond motifs is 2. The van der Waals surface area contributed by atoms with E-state index in [0.29, 0.717) is 6.04 Å². The molecule has 2 aliphatic rings. The van der Waals surface area contributed by atoms with Crippen LogP contribution in [0.25, 0.3) is 0 Å². The van der Waals surface area contributed by atoms with Crippen LogP contribution in [0.5, 0.6) is 5.75 Å². The Labute approximate surface area is 109 Å². The first-order valence-corrected chi connectivity index (χ1v) is 7.07. The van der Waals surface area contributed by atoms with Gasteiger partial charge in [-0.25, -0.2) is 0 Å². The normalized spacial score (nSPS) is 30.2. The number of nitrogens with zero attached hydrogens (tertiary/aromatic N) is 1. The Bertz CT molecular complexity index is 390. The van der Waals surface area contributed by atoms with Gasteiger partial charge in [-0.1, -0.05) is 0 Å². The van der Waals surface area contributed by atoms with Gasteiger partial charge < -0.3 is 15.0 Å². The number of hydrogen-bond acceptors (Lipinski definition) is 3. The third kappa shape index (κ3) is 2.46. The van der Waals surface area contributed by atoms with E-state index in [0.717, 1.165) is 18.3 Å². The van der Waals surface area contributed by atoms with Gasteiger partial charge in [-0.3, -0.25) is 0 Å². The molecule has 3 atom stereocenters. The molecular weight excluding hydrogens is 224 g/mol. The first-order chi connectivity index (χ1) is 8.85. The SMILES string of the molecule is CCOc1ccc(NC2CCN3CCC2C3)cc1. The standard InChI is InChI=1S/C15H22N2O/c1-2-18-14-5-3-13(4-6-14)16-15-8-10-17-9-7-12(15)11-17/h3-6,12,15-16H,2,7-11H2,1H3. The van der Waals surface area contributed by atoms with Gasteiger partial charge in [0.25, 0.3) is 0 Å².